The summed E-state index contributed by atoms with van der Waals surface area (Å²) in [5, 5.41) is 4.03. The van der Waals surface area contributed by atoms with Crippen molar-refractivity contribution < 1.29 is 23.5 Å². The topological polar surface area (TPSA) is 77.8 Å². The number of hydrogen-bond donors (Lipinski definition) is 1. The number of para-hydroxylation sites is 1. The number of fused-ring (bicyclic) bond motifs is 1. The summed E-state index contributed by atoms with van der Waals surface area (Å²) >= 11 is 18.8. The third-order valence-electron chi connectivity index (χ3n) is 5.17. The second-order valence-corrected chi connectivity index (χ2v) is 8.77. The van der Waals surface area contributed by atoms with Gasteiger partial charge in [0.2, 0.25) is 5.78 Å². The molecule has 1 heterocycles. The molecule has 35 heavy (non-hydrogen) atoms. The first-order valence-corrected chi connectivity index (χ1v) is 11.8. The summed E-state index contributed by atoms with van der Waals surface area (Å²) in [7, 11) is 1.48. The molecule has 1 N–H and O–H groups in total. The molecular formula is C26H20Cl3NO5. The Labute approximate surface area is 216 Å². The van der Waals surface area contributed by atoms with Gasteiger partial charge in [0.25, 0.3) is 5.91 Å². The molecule has 9 heteroatoms. The predicted molar refractivity (Wildman–Crippen MR) is 138 cm³/mol. The van der Waals surface area contributed by atoms with E-state index in [2.05, 4.69) is 5.32 Å². The van der Waals surface area contributed by atoms with E-state index in [1.54, 1.807) is 36.4 Å². The Kier molecular flexibility index (Phi) is 7.55. The van der Waals surface area contributed by atoms with Gasteiger partial charge in [-0.3, -0.25) is 9.59 Å². The van der Waals surface area contributed by atoms with Gasteiger partial charge >= 0.3 is 0 Å². The summed E-state index contributed by atoms with van der Waals surface area (Å²) in [6.45, 7) is 2.39. The van der Waals surface area contributed by atoms with Crippen molar-refractivity contribution in [2.45, 2.75) is 13.3 Å². The first kappa shape index (κ1) is 24.9. The van der Waals surface area contributed by atoms with Crippen molar-refractivity contribution in [3.8, 4) is 11.5 Å². The van der Waals surface area contributed by atoms with Crippen molar-refractivity contribution in [1.82, 2.24) is 0 Å². The Morgan fingerprint density at radius 3 is 2.29 bits per heavy atom. The van der Waals surface area contributed by atoms with Gasteiger partial charge < -0.3 is 19.2 Å². The molecule has 6 nitrogen and oxygen atoms in total. The standard InChI is InChI=1S/C26H20Cl3NO5/c1-3-10-34-24-18(28)12-15(13-19(24)29)26(32)30-22-16-6-4-5-7-20(16)35-25(22)23(31)14-8-9-21(33-2)17(27)11-14/h4-9,11-13H,3,10H2,1-2H3,(H,30,32). The molecule has 0 radical (unpaired) electrons. The molecule has 0 saturated heterocycles. The van der Waals surface area contributed by atoms with Gasteiger partial charge in [-0.25, -0.2) is 0 Å². The number of furan rings is 1. The first-order chi connectivity index (χ1) is 16.8. The van der Waals surface area contributed by atoms with Crippen LogP contribution in [0.1, 0.15) is 39.8 Å². The predicted octanol–water partition coefficient (Wildman–Crippen LogP) is 7.67. The maximum atomic E-state index is 13.4. The molecule has 1 aromatic heterocycles. The third-order valence-corrected chi connectivity index (χ3v) is 6.02. The van der Waals surface area contributed by atoms with Gasteiger partial charge in [0.05, 0.1) is 34.5 Å². The lowest BCUT2D eigenvalue weighted by Crippen LogP contribution is -2.14. The monoisotopic (exact) mass is 531 g/mol. The second kappa shape index (κ2) is 10.6. The van der Waals surface area contributed by atoms with Gasteiger partial charge in [0.1, 0.15) is 11.3 Å². The van der Waals surface area contributed by atoms with Crippen molar-refractivity contribution in [3.63, 3.8) is 0 Å². The van der Waals surface area contributed by atoms with E-state index in [9.17, 15) is 9.59 Å². The highest BCUT2D eigenvalue weighted by Crippen LogP contribution is 2.37. The fourth-order valence-electron chi connectivity index (χ4n) is 3.49. The number of hydrogen-bond acceptors (Lipinski definition) is 5. The van der Waals surface area contributed by atoms with E-state index in [1.165, 1.54) is 25.3 Å². The fourth-order valence-corrected chi connectivity index (χ4v) is 4.34. The Bertz CT molecular complexity index is 1410. The normalized spacial score (nSPS) is 10.9. The van der Waals surface area contributed by atoms with Crippen molar-refractivity contribution in [1.29, 1.82) is 0 Å². The highest BCUT2D eigenvalue weighted by molar-refractivity contribution is 6.38. The van der Waals surface area contributed by atoms with Crippen LogP contribution in [0.5, 0.6) is 11.5 Å². The summed E-state index contributed by atoms with van der Waals surface area (Å²) in [4.78, 5) is 26.5. The molecule has 0 bridgehead atoms. The zero-order chi connectivity index (χ0) is 25.1. The largest absolute Gasteiger partial charge is 0.495 e. The van der Waals surface area contributed by atoms with Crippen molar-refractivity contribution in [2.75, 3.05) is 19.0 Å². The number of rotatable bonds is 8. The molecule has 1 amide bonds. The Balaban J connectivity index is 1.72. The van der Waals surface area contributed by atoms with Gasteiger partial charge in [0.15, 0.2) is 11.5 Å². The van der Waals surface area contributed by atoms with Crippen molar-refractivity contribution in [2.24, 2.45) is 0 Å². The van der Waals surface area contributed by atoms with Crippen LogP contribution in [-0.4, -0.2) is 25.4 Å². The number of carbonyl (C=O) groups is 2. The summed E-state index contributed by atoms with van der Waals surface area (Å²) in [5.41, 5.74) is 1.13. The average molecular weight is 533 g/mol. The third kappa shape index (κ3) is 5.10. The zero-order valence-corrected chi connectivity index (χ0v) is 21.1. The Morgan fingerprint density at radius 2 is 1.63 bits per heavy atom. The van der Waals surface area contributed by atoms with E-state index in [-0.39, 0.29) is 37.6 Å². The summed E-state index contributed by atoms with van der Waals surface area (Å²) < 4.78 is 16.6. The first-order valence-electron chi connectivity index (χ1n) is 10.7. The minimum atomic E-state index is -0.524. The van der Waals surface area contributed by atoms with Crippen LogP contribution in [0.4, 0.5) is 5.69 Å². The van der Waals surface area contributed by atoms with Crippen LogP contribution >= 0.6 is 34.8 Å². The molecular weight excluding hydrogens is 513 g/mol. The Hall–Kier alpha value is -3.19. The van der Waals surface area contributed by atoms with E-state index in [0.717, 1.165) is 6.42 Å². The molecule has 0 fully saturated rings. The Morgan fingerprint density at radius 1 is 0.943 bits per heavy atom. The summed E-state index contributed by atoms with van der Waals surface area (Å²) in [5.74, 6) is -0.278. The number of anilines is 1. The van der Waals surface area contributed by atoms with E-state index < -0.39 is 11.7 Å². The minimum absolute atomic E-state index is 0.0409. The molecule has 0 aliphatic rings. The minimum Gasteiger partial charge on any atom is -0.495 e. The molecule has 0 aliphatic heterocycles. The van der Waals surface area contributed by atoms with Gasteiger partial charge in [-0.2, -0.15) is 0 Å². The van der Waals surface area contributed by atoms with Gasteiger partial charge in [0, 0.05) is 16.5 Å². The average Bonchev–Trinajstić information content (AvgIpc) is 3.21. The fraction of sp³-hybridized carbons (Fsp3) is 0.154. The quantitative estimate of drug-likeness (QED) is 0.236. The van der Waals surface area contributed by atoms with Gasteiger partial charge in [-0.15, -0.1) is 0 Å². The molecule has 4 aromatic rings. The van der Waals surface area contributed by atoms with E-state index >= 15 is 0 Å². The van der Waals surface area contributed by atoms with E-state index in [0.29, 0.717) is 29.1 Å². The molecule has 0 saturated carbocycles. The van der Waals surface area contributed by atoms with Crippen LogP contribution in [-0.2, 0) is 0 Å². The molecule has 0 atom stereocenters. The van der Waals surface area contributed by atoms with Crippen molar-refractivity contribution in [3.05, 3.63) is 86.6 Å². The number of carbonyl (C=O) groups excluding carboxylic acids is 2. The summed E-state index contributed by atoms with van der Waals surface area (Å²) in [6, 6.07) is 14.6. The summed E-state index contributed by atoms with van der Waals surface area (Å²) in [6.07, 6.45) is 0.776. The molecule has 3 aromatic carbocycles. The highest BCUT2D eigenvalue weighted by atomic mass is 35.5. The van der Waals surface area contributed by atoms with Crippen LogP contribution < -0.4 is 14.8 Å². The van der Waals surface area contributed by atoms with E-state index in [4.69, 9.17) is 48.7 Å². The number of amides is 1. The maximum absolute atomic E-state index is 13.4. The van der Waals surface area contributed by atoms with E-state index in [1.807, 2.05) is 6.92 Å². The number of nitrogens with one attached hydrogen (secondary N) is 1. The van der Waals surface area contributed by atoms with Crippen LogP contribution in [0.25, 0.3) is 11.0 Å². The molecule has 4 rings (SSSR count). The van der Waals surface area contributed by atoms with Crippen LogP contribution in [0.2, 0.25) is 15.1 Å². The van der Waals surface area contributed by atoms with Crippen LogP contribution in [0.3, 0.4) is 0 Å². The molecule has 0 spiro atoms. The molecule has 180 valence electrons. The number of halogens is 3. The molecule has 0 unspecified atom stereocenters. The lowest BCUT2D eigenvalue weighted by atomic mass is 10.1. The maximum Gasteiger partial charge on any atom is 0.255 e. The lowest BCUT2D eigenvalue weighted by Gasteiger charge is -2.12. The zero-order valence-electron chi connectivity index (χ0n) is 18.8. The van der Waals surface area contributed by atoms with Gasteiger partial charge in [-0.05, 0) is 48.9 Å². The van der Waals surface area contributed by atoms with Gasteiger partial charge in [-0.1, -0.05) is 53.9 Å². The number of methoxy groups -OCH3 is 1. The lowest BCUT2D eigenvalue weighted by molar-refractivity contribution is 0.101. The SMILES string of the molecule is CCCOc1c(Cl)cc(C(=O)Nc2c(C(=O)c3ccc(OC)c(Cl)c3)oc3ccccc23)cc1Cl. The number of ether oxygens (including phenoxy) is 2. The second-order valence-electron chi connectivity index (χ2n) is 7.55. The number of ketones is 1. The molecule has 0 aliphatic carbocycles. The van der Waals surface area contributed by atoms with Crippen LogP contribution in [0, 0.1) is 0 Å². The smallest absolute Gasteiger partial charge is 0.255 e. The number of benzene rings is 3. The highest BCUT2D eigenvalue weighted by Gasteiger charge is 2.25. The van der Waals surface area contributed by atoms with Crippen molar-refractivity contribution >= 4 is 63.1 Å². The van der Waals surface area contributed by atoms with Crippen LogP contribution in [0.15, 0.2) is 59.0 Å².